The molecule has 1 fully saturated rings. The van der Waals surface area contributed by atoms with Gasteiger partial charge in [0.15, 0.2) is 22.8 Å². The zero-order chi connectivity index (χ0) is 27.9. The van der Waals surface area contributed by atoms with Crippen molar-refractivity contribution in [3.05, 3.63) is 101 Å². The highest BCUT2D eigenvalue weighted by molar-refractivity contribution is 8.14. The molecule has 2 amide bonds. The number of hydrogen-bond donors (Lipinski definition) is 0. The van der Waals surface area contributed by atoms with Crippen molar-refractivity contribution in [2.75, 3.05) is 11.5 Å². The Bertz CT molecular complexity index is 1290. The molecule has 4 atom stereocenters. The van der Waals surface area contributed by atoms with E-state index in [1.165, 1.54) is 16.2 Å². The Balaban J connectivity index is 1.53. The number of nitrogens with zero attached hydrogens (tertiary/aromatic N) is 2. The van der Waals surface area contributed by atoms with E-state index in [1.807, 2.05) is 48.5 Å². The van der Waals surface area contributed by atoms with E-state index in [4.69, 9.17) is 20.2 Å². The lowest BCUT2D eigenvalue weighted by Gasteiger charge is -2.50. The van der Waals surface area contributed by atoms with Gasteiger partial charge in [0.1, 0.15) is 13.2 Å². The average molecular weight is 587 g/mol. The van der Waals surface area contributed by atoms with Gasteiger partial charge in [0.05, 0.1) is 22.0 Å². The predicted molar refractivity (Wildman–Crippen MR) is 151 cm³/mol. The normalized spacial score (nSPS) is 18.1. The Labute approximate surface area is 238 Å². The Kier molecular flexibility index (Phi) is 9.82. The van der Waals surface area contributed by atoms with E-state index in [1.54, 1.807) is 36.6 Å². The summed E-state index contributed by atoms with van der Waals surface area (Å²) in [6.07, 6.45) is 0. The summed E-state index contributed by atoms with van der Waals surface area (Å²) in [6, 6.07) is 19.4. The fraction of sp³-hybridized carbons (Fsp3) is 0.250. The minimum atomic E-state index is -2.13. The van der Waals surface area contributed by atoms with Crippen LogP contribution in [0, 0.1) is 0 Å². The molecule has 2 heterocycles. The zero-order valence-electron chi connectivity index (χ0n) is 21.1. The van der Waals surface area contributed by atoms with Crippen molar-refractivity contribution in [2.45, 2.75) is 37.6 Å². The van der Waals surface area contributed by atoms with Crippen LogP contribution in [0.5, 0.6) is 0 Å². The van der Waals surface area contributed by atoms with Crippen LogP contribution in [0.25, 0.3) is 0 Å². The van der Waals surface area contributed by atoms with E-state index < -0.39 is 45.6 Å². The van der Waals surface area contributed by atoms with Gasteiger partial charge in [0, 0.05) is 0 Å². The number of anilines is 1. The molecule has 11 heteroatoms. The van der Waals surface area contributed by atoms with Gasteiger partial charge in [-0.3, -0.25) is 19.4 Å². The molecule has 1 saturated heterocycles. The fourth-order valence-electron chi connectivity index (χ4n) is 4.25. The fourth-order valence-corrected chi connectivity index (χ4v) is 6.43. The second-order valence-electron chi connectivity index (χ2n) is 8.86. The van der Waals surface area contributed by atoms with Gasteiger partial charge in [0.2, 0.25) is 5.37 Å². The number of β-lactam (4-membered cyclic amide) rings is 1. The molecule has 39 heavy (non-hydrogen) atoms. The highest BCUT2D eigenvalue weighted by Gasteiger charge is 2.63. The van der Waals surface area contributed by atoms with E-state index in [9.17, 15) is 18.9 Å². The van der Waals surface area contributed by atoms with Crippen molar-refractivity contribution >= 4 is 55.2 Å². The molecule has 204 valence electrons. The molecule has 1 aliphatic heterocycles. The number of carbonyl (C=O) groups excluding carboxylic acids is 3. The van der Waals surface area contributed by atoms with E-state index in [-0.39, 0.29) is 19.8 Å². The molecule has 1 aromatic heterocycles. The van der Waals surface area contributed by atoms with Crippen molar-refractivity contribution in [3.63, 3.8) is 0 Å². The van der Waals surface area contributed by atoms with E-state index in [2.05, 4.69) is 6.58 Å². The molecule has 2 aromatic carbocycles. The minimum Gasteiger partial charge on any atom is -0.597 e. The van der Waals surface area contributed by atoms with Gasteiger partial charge in [-0.2, -0.15) is 0 Å². The highest BCUT2D eigenvalue weighted by Crippen LogP contribution is 2.39. The number of hydrogen-bond acceptors (Lipinski definition) is 7. The predicted octanol–water partition coefficient (Wildman–Crippen LogP) is 4.43. The average Bonchev–Trinajstić information content (AvgIpc) is 3.46. The third-order valence-corrected chi connectivity index (χ3v) is 8.34. The Hall–Kier alpha value is -3.15. The molecule has 1 aliphatic rings. The number of halogens is 1. The van der Waals surface area contributed by atoms with Crippen LogP contribution in [0.3, 0.4) is 0 Å². The molecule has 4 rings (SSSR count). The summed E-state index contributed by atoms with van der Waals surface area (Å²) in [6.45, 7) is 5.29. The van der Waals surface area contributed by atoms with Gasteiger partial charge >= 0.3 is 5.97 Å². The van der Waals surface area contributed by atoms with Crippen LogP contribution in [-0.4, -0.2) is 51.3 Å². The van der Waals surface area contributed by atoms with Crippen LogP contribution < -0.4 is 4.90 Å². The number of thiophene rings is 1. The Morgan fingerprint density at radius 1 is 1.08 bits per heavy atom. The Morgan fingerprint density at radius 3 is 2.23 bits per heavy atom. The molecule has 8 nitrogen and oxygen atoms in total. The molecule has 0 spiro atoms. The van der Waals surface area contributed by atoms with Crippen LogP contribution in [0.2, 0.25) is 0 Å². The van der Waals surface area contributed by atoms with Gasteiger partial charge in [-0.05, 0) is 41.1 Å². The molecule has 4 unspecified atom stereocenters. The SMILES string of the molecule is C=C(C)C(C(=O)OCc1ccccc1)N1C(=O)C(N(C(=O)COCc2ccccc2)c2cccs2)C1[S+]([O-])Cl. The molecule has 3 aromatic rings. The van der Waals surface area contributed by atoms with Crippen LogP contribution >= 0.6 is 22.0 Å². The van der Waals surface area contributed by atoms with E-state index in [0.717, 1.165) is 16.0 Å². The third-order valence-electron chi connectivity index (χ3n) is 6.06. The summed E-state index contributed by atoms with van der Waals surface area (Å²) in [5.41, 5.74) is 1.96. The molecule has 0 N–H and O–H groups in total. The van der Waals surface area contributed by atoms with Crippen molar-refractivity contribution in [1.29, 1.82) is 0 Å². The molecule has 0 saturated carbocycles. The molecule has 0 radical (unpaired) electrons. The summed E-state index contributed by atoms with van der Waals surface area (Å²) < 4.78 is 23.8. The molecular weight excluding hydrogens is 560 g/mol. The summed E-state index contributed by atoms with van der Waals surface area (Å²) in [4.78, 5) is 42.4. The largest absolute Gasteiger partial charge is 0.597 e. The number of rotatable bonds is 12. The lowest BCUT2D eigenvalue weighted by atomic mass is 9.98. The number of esters is 1. The van der Waals surface area contributed by atoms with Crippen molar-refractivity contribution in [2.24, 2.45) is 0 Å². The molecule has 0 bridgehead atoms. The maximum Gasteiger partial charge on any atom is 0.333 e. The van der Waals surface area contributed by atoms with E-state index in [0.29, 0.717) is 10.6 Å². The van der Waals surface area contributed by atoms with Crippen molar-refractivity contribution in [3.8, 4) is 0 Å². The topological polar surface area (TPSA) is 99.2 Å². The van der Waals surface area contributed by atoms with Crippen LogP contribution in [0.1, 0.15) is 18.1 Å². The molecular formula is C28H27ClN2O6S2. The number of likely N-dealkylation sites (tertiary alicyclic amines) is 1. The van der Waals surface area contributed by atoms with Crippen molar-refractivity contribution in [1.82, 2.24) is 4.90 Å². The number of ether oxygens (including phenoxy) is 2. The summed E-state index contributed by atoms with van der Waals surface area (Å²) in [5, 5.41) is 1.04. The number of benzene rings is 2. The van der Waals surface area contributed by atoms with Crippen molar-refractivity contribution < 1.29 is 28.4 Å². The monoisotopic (exact) mass is 586 g/mol. The quantitative estimate of drug-likeness (QED) is 0.135. The highest BCUT2D eigenvalue weighted by atomic mass is 35.7. The zero-order valence-corrected chi connectivity index (χ0v) is 23.5. The van der Waals surface area contributed by atoms with Gasteiger partial charge in [0.25, 0.3) is 11.8 Å². The maximum atomic E-state index is 13.6. The maximum absolute atomic E-state index is 13.6. The first-order chi connectivity index (χ1) is 18.8. The second-order valence-corrected chi connectivity index (χ2v) is 11.7. The van der Waals surface area contributed by atoms with Crippen LogP contribution in [0.4, 0.5) is 5.00 Å². The first-order valence-electron chi connectivity index (χ1n) is 12.0. The van der Waals surface area contributed by atoms with Gasteiger partial charge in [-0.1, -0.05) is 67.2 Å². The van der Waals surface area contributed by atoms with Gasteiger partial charge < -0.3 is 14.0 Å². The number of carbonyl (C=O) groups is 3. The minimum absolute atomic E-state index is 0.0118. The van der Waals surface area contributed by atoms with Crippen LogP contribution in [-0.2, 0) is 47.5 Å². The summed E-state index contributed by atoms with van der Waals surface area (Å²) >= 11 is 1.24. The standard InChI is InChI=1S/C28H27ClN2O6S2/c1-19(2)24(28(34)37-17-21-12-7-4-8-13-21)31-26(33)25(27(31)39(29)35)30(23-14-9-15-38-23)22(32)18-36-16-20-10-5-3-6-11-20/h3-15,24-25,27H,1,16-18H2,2H3. The third kappa shape index (κ3) is 6.71. The van der Waals surface area contributed by atoms with Gasteiger partial charge in [-0.25, -0.2) is 4.79 Å². The summed E-state index contributed by atoms with van der Waals surface area (Å²) in [5.74, 6) is -1.83. The van der Waals surface area contributed by atoms with Crippen LogP contribution in [0.15, 0.2) is 90.3 Å². The first-order valence-corrected chi connectivity index (χ1v) is 14.9. The Morgan fingerprint density at radius 2 is 1.69 bits per heavy atom. The number of amides is 2. The lowest BCUT2D eigenvalue weighted by molar-refractivity contribution is -0.162. The second kappa shape index (κ2) is 13.3. The van der Waals surface area contributed by atoms with E-state index >= 15 is 0 Å². The van der Waals surface area contributed by atoms with Gasteiger partial charge in [-0.15, -0.1) is 11.3 Å². The summed E-state index contributed by atoms with van der Waals surface area (Å²) in [7, 11) is 3.95. The smallest absolute Gasteiger partial charge is 0.333 e. The molecule has 0 aliphatic carbocycles. The first kappa shape index (κ1) is 28.8. The lowest BCUT2D eigenvalue weighted by Crippen LogP contribution is -2.76.